The number of nitrogens with two attached hydrogens (primary N) is 1. The van der Waals surface area contributed by atoms with Crippen LogP contribution in [0.25, 0.3) is 0 Å². The van der Waals surface area contributed by atoms with Crippen LogP contribution in [0.3, 0.4) is 0 Å². The molecule has 0 aromatic heterocycles. The summed E-state index contributed by atoms with van der Waals surface area (Å²) in [4.78, 5) is 0. The van der Waals surface area contributed by atoms with Gasteiger partial charge in [0.15, 0.2) is 0 Å². The summed E-state index contributed by atoms with van der Waals surface area (Å²) in [6.07, 6.45) is 4.17. The van der Waals surface area contributed by atoms with Crippen molar-refractivity contribution >= 4 is 0 Å². The standard InChI is InChI=1S/C10H20N2/c1-10(6-11)5-7-3-8(10)9(4-7)12-2/h7-9,12H,3-6,11H2,1-2H3. The fourth-order valence-corrected chi connectivity index (χ4v) is 3.44. The van der Waals surface area contributed by atoms with Gasteiger partial charge in [-0.3, -0.25) is 0 Å². The molecule has 2 fully saturated rings. The van der Waals surface area contributed by atoms with Crippen molar-refractivity contribution in [1.29, 1.82) is 0 Å². The Hall–Kier alpha value is -0.0800. The SMILES string of the molecule is CNC1CC2CC1C(C)(CN)C2. The molecule has 0 amide bonds. The molecule has 0 heterocycles. The summed E-state index contributed by atoms with van der Waals surface area (Å²) in [5.74, 6) is 1.80. The Labute approximate surface area is 74.9 Å². The van der Waals surface area contributed by atoms with Crippen LogP contribution in [0.2, 0.25) is 0 Å². The highest BCUT2D eigenvalue weighted by Gasteiger charge is 2.51. The van der Waals surface area contributed by atoms with E-state index in [2.05, 4.69) is 19.3 Å². The third kappa shape index (κ3) is 1.01. The molecule has 2 aliphatic rings. The fourth-order valence-electron chi connectivity index (χ4n) is 3.44. The number of hydrogen-bond acceptors (Lipinski definition) is 2. The molecule has 12 heavy (non-hydrogen) atoms. The first kappa shape index (κ1) is 8.52. The lowest BCUT2D eigenvalue weighted by molar-refractivity contribution is 0.162. The quantitative estimate of drug-likeness (QED) is 0.645. The minimum absolute atomic E-state index is 0.441. The summed E-state index contributed by atoms with van der Waals surface area (Å²) in [5.41, 5.74) is 6.28. The summed E-state index contributed by atoms with van der Waals surface area (Å²) in [6, 6.07) is 0.747. The highest BCUT2D eigenvalue weighted by atomic mass is 14.9. The Bertz CT molecular complexity index is 181. The largest absolute Gasteiger partial charge is 0.330 e. The van der Waals surface area contributed by atoms with Crippen LogP contribution in [-0.2, 0) is 0 Å². The molecule has 4 unspecified atom stereocenters. The summed E-state index contributed by atoms with van der Waals surface area (Å²) in [5, 5.41) is 3.43. The minimum atomic E-state index is 0.441. The zero-order valence-electron chi connectivity index (χ0n) is 8.14. The number of nitrogens with one attached hydrogen (secondary N) is 1. The van der Waals surface area contributed by atoms with Gasteiger partial charge in [-0.25, -0.2) is 0 Å². The van der Waals surface area contributed by atoms with E-state index < -0.39 is 0 Å². The van der Waals surface area contributed by atoms with Gasteiger partial charge >= 0.3 is 0 Å². The molecule has 0 radical (unpaired) electrons. The molecule has 2 aliphatic carbocycles. The minimum Gasteiger partial charge on any atom is -0.330 e. The van der Waals surface area contributed by atoms with Gasteiger partial charge in [-0.05, 0) is 50.1 Å². The Kier molecular flexibility index (Phi) is 1.92. The molecule has 2 bridgehead atoms. The Balaban J connectivity index is 2.14. The molecule has 3 N–H and O–H groups in total. The van der Waals surface area contributed by atoms with E-state index in [0.717, 1.165) is 24.4 Å². The van der Waals surface area contributed by atoms with Crippen LogP contribution in [0, 0.1) is 17.3 Å². The van der Waals surface area contributed by atoms with E-state index >= 15 is 0 Å². The van der Waals surface area contributed by atoms with Gasteiger partial charge in [0.2, 0.25) is 0 Å². The third-order valence-corrected chi connectivity index (χ3v) is 4.15. The smallest absolute Gasteiger partial charge is 0.0101 e. The second-order valence-corrected chi connectivity index (χ2v) is 4.90. The van der Waals surface area contributed by atoms with Crippen molar-refractivity contribution < 1.29 is 0 Å². The maximum atomic E-state index is 5.84. The first-order chi connectivity index (χ1) is 5.69. The lowest BCUT2D eigenvalue weighted by Gasteiger charge is -2.37. The lowest BCUT2D eigenvalue weighted by atomic mass is 9.72. The van der Waals surface area contributed by atoms with E-state index in [1.807, 2.05) is 0 Å². The molecular formula is C10H20N2. The second kappa shape index (κ2) is 2.71. The fraction of sp³-hybridized carbons (Fsp3) is 1.00. The Morgan fingerprint density at radius 3 is 2.75 bits per heavy atom. The summed E-state index contributed by atoms with van der Waals surface area (Å²) in [7, 11) is 2.09. The van der Waals surface area contributed by atoms with Crippen LogP contribution >= 0.6 is 0 Å². The Morgan fingerprint density at radius 1 is 1.50 bits per heavy atom. The van der Waals surface area contributed by atoms with Crippen LogP contribution < -0.4 is 11.1 Å². The van der Waals surface area contributed by atoms with Crippen molar-refractivity contribution in [2.45, 2.75) is 32.2 Å². The molecule has 0 aromatic carbocycles. The highest BCUT2D eigenvalue weighted by Crippen LogP contribution is 2.55. The number of fused-ring (bicyclic) bond motifs is 2. The molecule has 70 valence electrons. The van der Waals surface area contributed by atoms with Crippen LogP contribution in [0.4, 0.5) is 0 Å². The maximum Gasteiger partial charge on any atom is 0.0101 e. The van der Waals surface area contributed by atoms with Gasteiger partial charge in [0.1, 0.15) is 0 Å². The van der Waals surface area contributed by atoms with Crippen LogP contribution in [0.15, 0.2) is 0 Å². The lowest BCUT2D eigenvalue weighted by Crippen LogP contribution is -2.44. The third-order valence-electron chi connectivity index (χ3n) is 4.15. The van der Waals surface area contributed by atoms with Gasteiger partial charge < -0.3 is 11.1 Å². The first-order valence-corrected chi connectivity index (χ1v) is 5.07. The normalized spacial score (nSPS) is 51.8. The van der Waals surface area contributed by atoms with E-state index in [1.165, 1.54) is 19.3 Å². The highest BCUT2D eigenvalue weighted by molar-refractivity contribution is 5.04. The monoisotopic (exact) mass is 168 g/mol. The van der Waals surface area contributed by atoms with Gasteiger partial charge in [-0.1, -0.05) is 6.92 Å². The second-order valence-electron chi connectivity index (χ2n) is 4.90. The summed E-state index contributed by atoms with van der Waals surface area (Å²) in [6.45, 7) is 3.23. The van der Waals surface area contributed by atoms with E-state index in [0.29, 0.717) is 5.41 Å². The molecule has 0 aromatic rings. The van der Waals surface area contributed by atoms with Crippen molar-refractivity contribution in [1.82, 2.24) is 5.32 Å². The molecule has 0 aliphatic heterocycles. The molecular weight excluding hydrogens is 148 g/mol. The number of rotatable bonds is 2. The predicted octanol–water partition coefficient (Wildman–Crippen LogP) is 0.969. The van der Waals surface area contributed by atoms with Crippen molar-refractivity contribution in [3.8, 4) is 0 Å². The molecule has 4 atom stereocenters. The van der Waals surface area contributed by atoms with Gasteiger partial charge in [0.25, 0.3) is 0 Å². The van der Waals surface area contributed by atoms with Crippen LogP contribution in [0.5, 0.6) is 0 Å². The Morgan fingerprint density at radius 2 is 2.25 bits per heavy atom. The molecule has 0 saturated heterocycles. The van der Waals surface area contributed by atoms with Crippen LogP contribution in [-0.4, -0.2) is 19.6 Å². The van der Waals surface area contributed by atoms with Gasteiger partial charge in [-0.15, -0.1) is 0 Å². The van der Waals surface area contributed by atoms with Crippen molar-refractivity contribution in [2.24, 2.45) is 23.0 Å². The summed E-state index contributed by atoms with van der Waals surface area (Å²) >= 11 is 0. The average Bonchev–Trinajstić information content (AvgIpc) is 2.60. The van der Waals surface area contributed by atoms with Gasteiger partial charge in [0.05, 0.1) is 0 Å². The predicted molar refractivity (Wildman–Crippen MR) is 50.8 cm³/mol. The zero-order chi connectivity index (χ0) is 8.77. The van der Waals surface area contributed by atoms with Crippen molar-refractivity contribution in [3.63, 3.8) is 0 Å². The first-order valence-electron chi connectivity index (χ1n) is 5.07. The molecule has 2 heteroatoms. The topological polar surface area (TPSA) is 38.0 Å². The van der Waals surface area contributed by atoms with E-state index in [4.69, 9.17) is 5.73 Å². The van der Waals surface area contributed by atoms with E-state index in [1.54, 1.807) is 0 Å². The van der Waals surface area contributed by atoms with Crippen molar-refractivity contribution in [3.05, 3.63) is 0 Å². The van der Waals surface area contributed by atoms with Crippen LogP contribution in [0.1, 0.15) is 26.2 Å². The molecule has 2 nitrogen and oxygen atoms in total. The van der Waals surface area contributed by atoms with E-state index in [-0.39, 0.29) is 0 Å². The maximum absolute atomic E-state index is 5.84. The van der Waals surface area contributed by atoms with Gasteiger partial charge in [0, 0.05) is 6.04 Å². The number of hydrogen-bond donors (Lipinski definition) is 2. The molecule has 0 spiro atoms. The average molecular weight is 168 g/mol. The molecule has 2 rings (SSSR count). The summed E-state index contributed by atoms with van der Waals surface area (Å²) < 4.78 is 0. The van der Waals surface area contributed by atoms with Crippen molar-refractivity contribution in [2.75, 3.05) is 13.6 Å². The van der Waals surface area contributed by atoms with E-state index in [9.17, 15) is 0 Å². The zero-order valence-corrected chi connectivity index (χ0v) is 8.14. The molecule has 2 saturated carbocycles. The van der Waals surface area contributed by atoms with Gasteiger partial charge in [-0.2, -0.15) is 0 Å².